The summed E-state index contributed by atoms with van der Waals surface area (Å²) in [6, 6.07) is 6.46. The summed E-state index contributed by atoms with van der Waals surface area (Å²) in [7, 11) is 3.80. The van der Waals surface area contributed by atoms with Gasteiger partial charge in [0.25, 0.3) is 0 Å². The monoisotopic (exact) mass is 248 g/mol. The number of benzene rings is 1. The molecule has 0 aliphatic carbocycles. The minimum atomic E-state index is -0.225. The Labute approximate surface area is 106 Å². The molecule has 0 atom stereocenters. The van der Waals surface area contributed by atoms with Crippen molar-refractivity contribution in [2.45, 2.75) is 13.5 Å². The molecule has 1 aromatic carbocycles. The predicted octanol–water partition coefficient (Wildman–Crippen LogP) is 2.09. The van der Waals surface area contributed by atoms with Gasteiger partial charge in [0.05, 0.1) is 11.4 Å². The topological polar surface area (TPSA) is 47.1 Å². The first-order valence-electron chi connectivity index (χ1n) is 5.73. The van der Waals surface area contributed by atoms with E-state index in [1.807, 2.05) is 25.9 Å². The number of nitrogen functional groups attached to an aromatic ring is 1. The van der Waals surface area contributed by atoms with Gasteiger partial charge in [-0.1, -0.05) is 12.1 Å². The molecule has 2 N–H and O–H groups in total. The molecule has 5 heteroatoms. The molecule has 0 aliphatic rings. The lowest BCUT2D eigenvalue weighted by Crippen LogP contribution is -2.20. The molecule has 0 bridgehead atoms. The van der Waals surface area contributed by atoms with Crippen LogP contribution in [-0.2, 0) is 13.6 Å². The lowest BCUT2D eigenvalue weighted by molar-refractivity contribution is 0.626. The number of aryl methyl sites for hydroxylation is 2. The van der Waals surface area contributed by atoms with E-state index >= 15 is 0 Å². The van der Waals surface area contributed by atoms with Gasteiger partial charge in [0, 0.05) is 20.6 Å². The molecule has 1 aromatic heterocycles. The number of nitrogens with two attached hydrogens (primary N) is 1. The quantitative estimate of drug-likeness (QED) is 0.904. The molecule has 1 heterocycles. The summed E-state index contributed by atoms with van der Waals surface area (Å²) < 4.78 is 14.6. The van der Waals surface area contributed by atoms with Crippen LogP contribution in [0.2, 0.25) is 0 Å². The maximum Gasteiger partial charge on any atom is 0.150 e. The SMILES string of the molecule is Cc1nn(C)c(N(C)Cc2ccc(F)cc2)c1N. The molecule has 2 rings (SSSR count). The summed E-state index contributed by atoms with van der Waals surface area (Å²) in [4.78, 5) is 2.00. The molecule has 2 aromatic rings. The molecule has 4 nitrogen and oxygen atoms in total. The van der Waals surface area contributed by atoms with Gasteiger partial charge in [-0.2, -0.15) is 5.10 Å². The molecule has 0 saturated heterocycles. The van der Waals surface area contributed by atoms with Crippen molar-refractivity contribution in [3.8, 4) is 0 Å². The van der Waals surface area contributed by atoms with Crippen LogP contribution in [0.25, 0.3) is 0 Å². The van der Waals surface area contributed by atoms with Crippen LogP contribution in [0.3, 0.4) is 0 Å². The number of hydrogen-bond donors (Lipinski definition) is 1. The Bertz CT molecular complexity index is 545. The molecule has 0 amide bonds. The number of halogens is 1. The van der Waals surface area contributed by atoms with Crippen molar-refractivity contribution in [2.24, 2.45) is 7.05 Å². The Morgan fingerprint density at radius 1 is 1.33 bits per heavy atom. The van der Waals surface area contributed by atoms with Gasteiger partial charge in [-0.15, -0.1) is 0 Å². The minimum Gasteiger partial charge on any atom is -0.394 e. The normalized spacial score (nSPS) is 10.7. The van der Waals surface area contributed by atoms with Crippen LogP contribution in [0.4, 0.5) is 15.9 Å². The molecule has 0 aliphatic heterocycles. The van der Waals surface area contributed by atoms with Gasteiger partial charge in [0.2, 0.25) is 0 Å². The van der Waals surface area contributed by atoms with Crippen molar-refractivity contribution in [3.05, 3.63) is 41.3 Å². The van der Waals surface area contributed by atoms with Gasteiger partial charge < -0.3 is 10.6 Å². The maximum atomic E-state index is 12.8. The molecule has 0 fully saturated rings. The van der Waals surface area contributed by atoms with Gasteiger partial charge in [0.15, 0.2) is 0 Å². The number of aromatic nitrogens is 2. The van der Waals surface area contributed by atoms with Crippen LogP contribution in [0, 0.1) is 12.7 Å². The van der Waals surface area contributed by atoms with E-state index in [0.29, 0.717) is 12.2 Å². The summed E-state index contributed by atoms with van der Waals surface area (Å²) in [5, 5.41) is 4.28. The lowest BCUT2D eigenvalue weighted by Gasteiger charge is -2.20. The predicted molar refractivity (Wildman–Crippen MR) is 70.9 cm³/mol. The van der Waals surface area contributed by atoms with E-state index in [-0.39, 0.29) is 5.82 Å². The molecule has 18 heavy (non-hydrogen) atoms. The number of rotatable bonds is 3. The van der Waals surface area contributed by atoms with E-state index in [2.05, 4.69) is 5.10 Å². The Balaban J connectivity index is 2.21. The smallest absolute Gasteiger partial charge is 0.150 e. The summed E-state index contributed by atoms with van der Waals surface area (Å²) in [6.07, 6.45) is 0. The van der Waals surface area contributed by atoms with Crippen LogP contribution >= 0.6 is 0 Å². The fourth-order valence-corrected chi connectivity index (χ4v) is 2.05. The standard InChI is InChI=1S/C13H17FN4/c1-9-12(15)13(18(3)16-9)17(2)8-10-4-6-11(14)7-5-10/h4-7H,8,15H2,1-3H3. The Morgan fingerprint density at radius 2 is 1.94 bits per heavy atom. The second-order valence-corrected chi connectivity index (χ2v) is 4.43. The largest absolute Gasteiger partial charge is 0.394 e. The van der Waals surface area contributed by atoms with E-state index in [1.165, 1.54) is 12.1 Å². The highest BCUT2D eigenvalue weighted by Gasteiger charge is 2.14. The number of hydrogen-bond acceptors (Lipinski definition) is 3. The van der Waals surface area contributed by atoms with E-state index in [1.54, 1.807) is 16.8 Å². The second-order valence-electron chi connectivity index (χ2n) is 4.43. The number of nitrogens with zero attached hydrogens (tertiary/aromatic N) is 3. The van der Waals surface area contributed by atoms with Crippen molar-refractivity contribution in [1.29, 1.82) is 0 Å². The van der Waals surface area contributed by atoms with E-state index in [9.17, 15) is 4.39 Å². The molecule has 96 valence electrons. The van der Waals surface area contributed by atoms with Crippen LogP contribution in [0.5, 0.6) is 0 Å². The highest BCUT2D eigenvalue weighted by Crippen LogP contribution is 2.25. The summed E-state index contributed by atoms with van der Waals surface area (Å²) in [5.74, 6) is 0.647. The average Bonchev–Trinajstić information content (AvgIpc) is 2.56. The third-order valence-corrected chi connectivity index (χ3v) is 2.93. The Kier molecular flexibility index (Phi) is 3.23. The van der Waals surface area contributed by atoms with Crippen LogP contribution in [-0.4, -0.2) is 16.8 Å². The first-order valence-corrected chi connectivity index (χ1v) is 5.73. The van der Waals surface area contributed by atoms with Crippen molar-refractivity contribution in [3.63, 3.8) is 0 Å². The molecule has 0 spiro atoms. The summed E-state index contributed by atoms with van der Waals surface area (Å²) in [6.45, 7) is 2.54. The third kappa shape index (κ3) is 2.30. The average molecular weight is 248 g/mol. The fraction of sp³-hybridized carbons (Fsp3) is 0.308. The summed E-state index contributed by atoms with van der Waals surface area (Å²) in [5.41, 5.74) is 8.52. The van der Waals surface area contributed by atoms with Crippen LogP contribution in [0.15, 0.2) is 24.3 Å². The van der Waals surface area contributed by atoms with Crippen LogP contribution < -0.4 is 10.6 Å². The minimum absolute atomic E-state index is 0.225. The number of anilines is 2. The second kappa shape index (κ2) is 4.68. The molecule has 0 unspecified atom stereocenters. The van der Waals surface area contributed by atoms with Crippen molar-refractivity contribution < 1.29 is 4.39 Å². The van der Waals surface area contributed by atoms with Crippen molar-refractivity contribution >= 4 is 11.5 Å². The molecular weight excluding hydrogens is 231 g/mol. The van der Waals surface area contributed by atoms with Crippen molar-refractivity contribution in [2.75, 3.05) is 17.7 Å². The fourth-order valence-electron chi connectivity index (χ4n) is 2.05. The van der Waals surface area contributed by atoms with E-state index < -0.39 is 0 Å². The highest BCUT2D eigenvalue weighted by atomic mass is 19.1. The van der Waals surface area contributed by atoms with Gasteiger partial charge in [-0.25, -0.2) is 4.39 Å². The molecular formula is C13H17FN4. The zero-order valence-corrected chi connectivity index (χ0v) is 10.8. The van der Waals surface area contributed by atoms with E-state index in [4.69, 9.17) is 5.73 Å². The van der Waals surface area contributed by atoms with Crippen LogP contribution in [0.1, 0.15) is 11.3 Å². The van der Waals surface area contributed by atoms with Gasteiger partial charge in [-0.3, -0.25) is 4.68 Å². The Morgan fingerprint density at radius 3 is 2.44 bits per heavy atom. The highest BCUT2D eigenvalue weighted by molar-refractivity contribution is 5.65. The first kappa shape index (κ1) is 12.4. The third-order valence-electron chi connectivity index (χ3n) is 2.93. The first-order chi connectivity index (χ1) is 8.49. The molecule has 0 radical (unpaired) electrons. The Hall–Kier alpha value is -2.04. The van der Waals surface area contributed by atoms with Gasteiger partial charge >= 0.3 is 0 Å². The molecule has 0 saturated carbocycles. The zero-order chi connectivity index (χ0) is 13.3. The van der Waals surface area contributed by atoms with Crippen molar-refractivity contribution in [1.82, 2.24) is 9.78 Å². The van der Waals surface area contributed by atoms with Gasteiger partial charge in [0.1, 0.15) is 11.6 Å². The van der Waals surface area contributed by atoms with Gasteiger partial charge in [-0.05, 0) is 24.6 Å². The lowest BCUT2D eigenvalue weighted by atomic mass is 10.2. The maximum absolute atomic E-state index is 12.8. The van der Waals surface area contributed by atoms with E-state index in [0.717, 1.165) is 17.1 Å². The summed E-state index contributed by atoms with van der Waals surface area (Å²) >= 11 is 0. The zero-order valence-electron chi connectivity index (χ0n) is 10.8.